The summed E-state index contributed by atoms with van der Waals surface area (Å²) in [6.07, 6.45) is -4.87. The number of aromatic hydroxyl groups is 1. The van der Waals surface area contributed by atoms with Crippen LogP contribution in [0.2, 0.25) is 0 Å². The molecular weight excluding hydrogens is 485 g/mol. The Morgan fingerprint density at radius 2 is 1.74 bits per heavy atom. The second kappa shape index (κ2) is 9.40. The second-order valence-electron chi connectivity index (χ2n) is 7.90. The molecule has 182 valence electrons. The van der Waals surface area contributed by atoms with Crippen molar-refractivity contribution in [3.63, 3.8) is 0 Å². The molecule has 1 atom stereocenters. The first kappa shape index (κ1) is 25.7. The Labute approximate surface area is 199 Å². The smallest absolute Gasteiger partial charge is 0.417 e. The van der Waals surface area contributed by atoms with E-state index in [1.54, 1.807) is 12.1 Å². The zero-order valence-electron chi connectivity index (χ0n) is 18.2. The Balaban J connectivity index is 1.90. The Hall–Kier alpha value is -3.88. The van der Waals surface area contributed by atoms with E-state index in [1.807, 2.05) is 0 Å². The van der Waals surface area contributed by atoms with Gasteiger partial charge in [-0.25, -0.2) is 8.42 Å². The summed E-state index contributed by atoms with van der Waals surface area (Å²) in [4.78, 5) is 12.4. The molecular formula is C24H19F3N2O5S. The topological polar surface area (TPSA) is 127 Å². The molecule has 3 aromatic rings. The first-order valence-corrected chi connectivity index (χ1v) is 11.7. The third kappa shape index (κ3) is 5.79. The van der Waals surface area contributed by atoms with E-state index in [2.05, 4.69) is 5.32 Å². The number of anilines is 1. The van der Waals surface area contributed by atoms with Gasteiger partial charge in [0, 0.05) is 11.3 Å². The fourth-order valence-electron chi connectivity index (χ4n) is 3.38. The van der Waals surface area contributed by atoms with Crippen LogP contribution in [0.1, 0.15) is 18.1 Å². The van der Waals surface area contributed by atoms with Gasteiger partial charge in [0.1, 0.15) is 5.75 Å². The number of amides is 1. The molecule has 0 aliphatic carbocycles. The van der Waals surface area contributed by atoms with Crippen LogP contribution in [0.5, 0.6) is 5.75 Å². The molecule has 0 saturated heterocycles. The van der Waals surface area contributed by atoms with Crippen molar-refractivity contribution in [2.24, 2.45) is 0 Å². The van der Waals surface area contributed by atoms with Crippen LogP contribution >= 0.6 is 0 Å². The normalized spacial score (nSPS) is 13.5. The zero-order valence-corrected chi connectivity index (χ0v) is 19.0. The van der Waals surface area contributed by atoms with Gasteiger partial charge in [-0.15, -0.1) is 0 Å². The summed E-state index contributed by atoms with van der Waals surface area (Å²) < 4.78 is 65.9. The number of hydrogen-bond acceptors (Lipinski definition) is 6. The number of benzene rings is 3. The molecule has 35 heavy (non-hydrogen) atoms. The monoisotopic (exact) mass is 504 g/mol. The Morgan fingerprint density at radius 1 is 1.06 bits per heavy atom. The Bertz CT molecular complexity index is 1430. The highest BCUT2D eigenvalue weighted by Gasteiger charge is 2.38. The lowest BCUT2D eigenvalue weighted by Crippen LogP contribution is -2.45. The minimum absolute atomic E-state index is 0.0956. The van der Waals surface area contributed by atoms with Crippen LogP contribution in [-0.4, -0.2) is 35.9 Å². The van der Waals surface area contributed by atoms with Crippen LogP contribution in [0, 0.1) is 11.3 Å². The lowest BCUT2D eigenvalue weighted by Gasteiger charge is -2.23. The highest BCUT2D eigenvalue weighted by molar-refractivity contribution is 7.91. The lowest BCUT2D eigenvalue weighted by atomic mass is 10.1. The molecule has 3 N–H and O–H groups in total. The fourth-order valence-corrected chi connectivity index (χ4v) is 5.22. The van der Waals surface area contributed by atoms with Crippen molar-refractivity contribution in [3.05, 3.63) is 77.9 Å². The molecule has 0 aliphatic rings. The number of alkyl halides is 3. The van der Waals surface area contributed by atoms with Crippen LogP contribution in [0.4, 0.5) is 18.9 Å². The fraction of sp³-hybridized carbons (Fsp3) is 0.167. The van der Waals surface area contributed by atoms with Gasteiger partial charge in [0.15, 0.2) is 15.4 Å². The van der Waals surface area contributed by atoms with Gasteiger partial charge in [-0.05, 0) is 48.9 Å². The van der Waals surface area contributed by atoms with Crippen molar-refractivity contribution in [1.29, 1.82) is 5.26 Å². The maximum atomic E-state index is 13.2. The van der Waals surface area contributed by atoms with Crippen LogP contribution in [0.15, 0.2) is 71.6 Å². The largest absolute Gasteiger partial charge is 0.508 e. The summed E-state index contributed by atoms with van der Waals surface area (Å²) in [5.41, 5.74) is -4.25. The number of phenols is 1. The molecule has 3 rings (SSSR count). The van der Waals surface area contributed by atoms with Crippen molar-refractivity contribution in [1.82, 2.24) is 0 Å². The van der Waals surface area contributed by atoms with Gasteiger partial charge in [0.2, 0.25) is 0 Å². The van der Waals surface area contributed by atoms with Crippen molar-refractivity contribution in [2.45, 2.75) is 23.6 Å². The van der Waals surface area contributed by atoms with Gasteiger partial charge in [-0.3, -0.25) is 4.79 Å². The first-order valence-electron chi connectivity index (χ1n) is 10.0. The average Bonchev–Trinajstić information content (AvgIpc) is 2.78. The van der Waals surface area contributed by atoms with E-state index in [9.17, 15) is 36.6 Å². The Kier molecular flexibility index (Phi) is 6.91. The maximum absolute atomic E-state index is 13.2. The number of aliphatic hydroxyl groups is 1. The molecule has 0 spiro atoms. The summed E-state index contributed by atoms with van der Waals surface area (Å²) in [6.45, 7) is 0.922. The van der Waals surface area contributed by atoms with Gasteiger partial charge in [-0.2, -0.15) is 18.4 Å². The SMILES string of the molecule is CC(O)(CS(=O)(=O)c1ccccc1-c1cccc(O)c1)C(=O)Nc1ccc(C#N)c(C(F)(F)F)c1. The van der Waals surface area contributed by atoms with Crippen LogP contribution in [-0.2, 0) is 20.8 Å². The highest BCUT2D eigenvalue weighted by atomic mass is 32.2. The minimum Gasteiger partial charge on any atom is -0.508 e. The molecule has 0 radical (unpaired) electrons. The number of carbonyl (C=O) groups is 1. The van der Waals surface area contributed by atoms with Gasteiger partial charge < -0.3 is 15.5 Å². The van der Waals surface area contributed by atoms with Crippen molar-refractivity contribution in [2.75, 3.05) is 11.1 Å². The van der Waals surface area contributed by atoms with E-state index >= 15 is 0 Å². The number of nitrogens with zero attached hydrogens (tertiary/aromatic N) is 1. The molecule has 3 aromatic carbocycles. The molecule has 0 fully saturated rings. The van der Waals surface area contributed by atoms with Gasteiger partial charge in [0.05, 0.1) is 27.8 Å². The number of rotatable bonds is 6. The summed E-state index contributed by atoms with van der Waals surface area (Å²) in [5, 5.41) is 31.4. The lowest BCUT2D eigenvalue weighted by molar-refractivity contribution is -0.137. The van der Waals surface area contributed by atoms with E-state index in [-0.39, 0.29) is 21.9 Å². The summed E-state index contributed by atoms with van der Waals surface area (Å²) in [6, 6.07) is 15.5. The third-order valence-corrected chi connectivity index (χ3v) is 7.01. The average molecular weight is 504 g/mol. The predicted octanol–water partition coefficient (Wildman–Crippen LogP) is 4.11. The summed E-state index contributed by atoms with van der Waals surface area (Å²) >= 11 is 0. The third-order valence-electron chi connectivity index (χ3n) is 5.04. The molecule has 1 unspecified atom stereocenters. The maximum Gasteiger partial charge on any atom is 0.417 e. The van der Waals surface area contributed by atoms with Crippen molar-refractivity contribution >= 4 is 21.4 Å². The predicted molar refractivity (Wildman–Crippen MR) is 121 cm³/mol. The number of carbonyl (C=O) groups excluding carboxylic acids is 1. The number of nitriles is 1. The van der Waals surface area contributed by atoms with Gasteiger partial charge in [-0.1, -0.05) is 30.3 Å². The van der Waals surface area contributed by atoms with E-state index in [0.29, 0.717) is 11.6 Å². The van der Waals surface area contributed by atoms with Crippen molar-refractivity contribution < 1.29 is 36.6 Å². The van der Waals surface area contributed by atoms with Crippen LogP contribution in [0.3, 0.4) is 0 Å². The van der Waals surface area contributed by atoms with Gasteiger partial charge >= 0.3 is 6.18 Å². The van der Waals surface area contributed by atoms with E-state index in [0.717, 1.165) is 19.1 Å². The number of nitrogens with one attached hydrogen (secondary N) is 1. The second-order valence-corrected chi connectivity index (χ2v) is 9.86. The molecule has 0 aromatic heterocycles. The zero-order chi connectivity index (χ0) is 26.0. The molecule has 11 heteroatoms. The van der Waals surface area contributed by atoms with E-state index in [1.165, 1.54) is 42.5 Å². The standard InChI is InChI=1S/C24H19F3N2O5S/c1-23(32,22(31)29-17-10-9-16(13-28)20(12-17)24(25,26)27)14-35(33,34)21-8-3-2-7-19(21)15-5-4-6-18(30)11-15/h2-12,30,32H,14H2,1H3,(H,29,31). The first-order chi connectivity index (χ1) is 16.2. The number of sulfone groups is 1. The summed E-state index contributed by atoms with van der Waals surface area (Å²) in [7, 11) is -4.30. The minimum atomic E-state index is -4.87. The van der Waals surface area contributed by atoms with Gasteiger partial charge in [0.25, 0.3) is 5.91 Å². The summed E-state index contributed by atoms with van der Waals surface area (Å²) in [5.74, 6) is -2.43. The van der Waals surface area contributed by atoms with Crippen LogP contribution < -0.4 is 5.32 Å². The quantitative estimate of drug-likeness (QED) is 0.464. The number of phenolic OH excluding ortho intramolecular Hbond substituents is 1. The van der Waals surface area contributed by atoms with Crippen molar-refractivity contribution in [3.8, 4) is 22.9 Å². The highest BCUT2D eigenvalue weighted by Crippen LogP contribution is 2.34. The molecule has 7 nitrogen and oxygen atoms in total. The number of hydrogen-bond donors (Lipinski definition) is 3. The number of halogens is 3. The van der Waals surface area contributed by atoms with E-state index in [4.69, 9.17) is 5.26 Å². The molecule has 0 saturated carbocycles. The van der Waals surface area contributed by atoms with Crippen LogP contribution in [0.25, 0.3) is 11.1 Å². The molecule has 0 aliphatic heterocycles. The molecule has 0 heterocycles. The Morgan fingerprint density at radius 3 is 2.37 bits per heavy atom. The molecule has 0 bridgehead atoms. The molecule has 1 amide bonds. The van der Waals surface area contributed by atoms with E-state index < -0.39 is 44.4 Å².